The third-order valence-corrected chi connectivity index (χ3v) is 4.63. The molecule has 0 bridgehead atoms. The number of nitrogens with zero attached hydrogens (tertiary/aromatic N) is 3. The van der Waals surface area contributed by atoms with Crippen molar-refractivity contribution in [1.82, 2.24) is 9.97 Å². The Bertz CT molecular complexity index is 945. The summed E-state index contributed by atoms with van der Waals surface area (Å²) in [5.74, 6) is 2.22. The monoisotopic (exact) mass is 355 g/mol. The van der Waals surface area contributed by atoms with Gasteiger partial charge in [-0.1, -0.05) is 17.7 Å². The third-order valence-electron chi connectivity index (χ3n) is 4.40. The lowest BCUT2D eigenvalue weighted by Gasteiger charge is -2.21. The molecule has 2 heterocycles. The van der Waals surface area contributed by atoms with E-state index in [0.29, 0.717) is 18.1 Å². The van der Waals surface area contributed by atoms with Crippen molar-refractivity contribution in [2.45, 2.75) is 13.3 Å². The lowest BCUT2D eigenvalue weighted by atomic mass is 10.1. The molecule has 0 saturated heterocycles. The van der Waals surface area contributed by atoms with Crippen LogP contribution >= 0.6 is 11.6 Å². The summed E-state index contributed by atoms with van der Waals surface area (Å²) in [5.41, 5.74) is 3.19. The summed E-state index contributed by atoms with van der Waals surface area (Å²) in [7, 11) is 1.64. The fourth-order valence-corrected chi connectivity index (χ4v) is 3.43. The van der Waals surface area contributed by atoms with Gasteiger partial charge in [-0.25, -0.2) is 9.97 Å². The predicted molar refractivity (Wildman–Crippen MR) is 99.4 cm³/mol. The summed E-state index contributed by atoms with van der Waals surface area (Å²) in [6, 6.07) is 9.84. The van der Waals surface area contributed by atoms with Crippen LogP contribution < -0.4 is 14.4 Å². The zero-order valence-corrected chi connectivity index (χ0v) is 14.9. The molecule has 1 aromatic heterocycles. The molecule has 1 aliphatic heterocycles. The van der Waals surface area contributed by atoms with Gasteiger partial charge in [-0.3, -0.25) is 0 Å². The maximum atomic E-state index is 6.20. The van der Waals surface area contributed by atoms with Crippen molar-refractivity contribution in [2.75, 3.05) is 25.2 Å². The highest BCUT2D eigenvalue weighted by Crippen LogP contribution is 2.40. The van der Waals surface area contributed by atoms with Crippen LogP contribution in [0.2, 0.25) is 5.02 Å². The molecule has 4 rings (SSSR count). The minimum Gasteiger partial charge on any atom is -0.493 e. The van der Waals surface area contributed by atoms with Gasteiger partial charge in [0.15, 0.2) is 11.5 Å². The number of anilines is 2. The number of ether oxygens (including phenoxy) is 2. The molecule has 0 N–H and O–H groups in total. The van der Waals surface area contributed by atoms with E-state index < -0.39 is 0 Å². The summed E-state index contributed by atoms with van der Waals surface area (Å²) in [6.07, 6.45) is 2.55. The number of fused-ring (bicyclic) bond motifs is 2. The molecular weight excluding hydrogens is 338 g/mol. The van der Waals surface area contributed by atoms with Gasteiger partial charge in [-0.2, -0.15) is 0 Å². The van der Waals surface area contributed by atoms with Gasteiger partial charge in [0.1, 0.15) is 12.1 Å². The number of rotatable bonds is 4. The second kappa shape index (κ2) is 6.41. The van der Waals surface area contributed by atoms with Crippen LogP contribution in [0.4, 0.5) is 11.5 Å². The summed E-state index contributed by atoms with van der Waals surface area (Å²) >= 11 is 6.20. The van der Waals surface area contributed by atoms with Crippen molar-refractivity contribution in [3.8, 4) is 11.5 Å². The van der Waals surface area contributed by atoms with Gasteiger partial charge < -0.3 is 14.4 Å². The Morgan fingerprint density at radius 2 is 2.04 bits per heavy atom. The second-order valence-corrected chi connectivity index (χ2v) is 6.26. The van der Waals surface area contributed by atoms with Crippen LogP contribution in [0.25, 0.3) is 10.9 Å². The topological polar surface area (TPSA) is 47.5 Å². The maximum absolute atomic E-state index is 6.20. The Labute approximate surface area is 151 Å². The molecule has 0 fully saturated rings. The van der Waals surface area contributed by atoms with Gasteiger partial charge >= 0.3 is 0 Å². The van der Waals surface area contributed by atoms with Crippen LogP contribution in [0.5, 0.6) is 11.5 Å². The minimum atomic E-state index is 0.567. The molecule has 0 radical (unpaired) electrons. The highest BCUT2D eigenvalue weighted by molar-refractivity contribution is 6.31. The highest BCUT2D eigenvalue weighted by atomic mass is 35.5. The first-order chi connectivity index (χ1) is 12.2. The number of hydrogen-bond acceptors (Lipinski definition) is 5. The molecule has 0 saturated carbocycles. The van der Waals surface area contributed by atoms with Crippen LogP contribution in [0.3, 0.4) is 0 Å². The summed E-state index contributed by atoms with van der Waals surface area (Å²) in [5, 5.41) is 1.65. The van der Waals surface area contributed by atoms with Crippen molar-refractivity contribution in [3.05, 3.63) is 47.2 Å². The summed E-state index contributed by atoms with van der Waals surface area (Å²) in [4.78, 5) is 11.1. The van der Waals surface area contributed by atoms with Gasteiger partial charge in [-0.05, 0) is 37.1 Å². The molecule has 1 aliphatic rings. The molecule has 6 heteroatoms. The lowest BCUT2D eigenvalue weighted by Crippen LogP contribution is -2.15. The van der Waals surface area contributed by atoms with Crippen LogP contribution in [0.1, 0.15) is 12.5 Å². The molecule has 5 nitrogen and oxygen atoms in total. The first-order valence-electron chi connectivity index (χ1n) is 8.22. The lowest BCUT2D eigenvalue weighted by molar-refractivity contribution is 0.311. The number of hydrogen-bond donors (Lipinski definition) is 0. The normalized spacial score (nSPS) is 13.2. The molecule has 0 spiro atoms. The van der Waals surface area contributed by atoms with Gasteiger partial charge in [0.2, 0.25) is 0 Å². The van der Waals surface area contributed by atoms with Gasteiger partial charge in [-0.15, -0.1) is 0 Å². The first-order valence-corrected chi connectivity index (χ1v) is 8.60. The molecule has 0 amide bonds. The van der Waals surface area contributed by atoms with Crippen molar-refractivity contribution in [1.29, 1.82) is 0 Å². The number of methoxy groups -OCH3 is 1. The third kappa shape index (κ3) is 2.74. The fourth-order valence-electron chi connectivity index (χ4n) is 3.27. The second-order valence-electron chi connectivity index (χ2n) is 5.83. The van der Waals surface area contributed by atoms with Crippen molar-refractivity contribution in [2.24, 2.45) is 0 Å². The Hall–Kier alpha value is -2.53. The standard InChI is InChI=1S/C19H18ClN3O2/c1-3-25-18-10-15-14(9-17(18)24-2)19(22-11-21-15)23-7-6-12-4-5-13(20)8-16(12)23/h4-5,8-11H,3,6-7H2,1-2H3. The number of halogens is 1. The predicted octanol–water partition coefficient (Wildman–Crippen LogP) is 4.38. The molecule has 0 atom stereocenters. The molecular formula is C19H18ClN3O2. The maximum Gasteiger partial charge on any atom is 0.163 e. The quantitative estimate of drug-likeness (QED) is 0.694. The van der Waals surface area contributed by atoms with Crippen LogP contribution in [-0.2, 0) is 6.42 Å². The average molecular weight is 356 g/mol. The number of aromatic nitrogens is 2. The Morgan fingerprint density at radius 3 is 2.84 bits per heavy atom. The molecule has 25 heavy (non-hydrogen) atoms. The zero-order chi connectivity index (χ0) is 17.4. The highest BCUT2D eigenvalue weighted by Gasteiger charge is 2.24. The van der Waals surface area contributed by atoms with Crippen molar-refractivity contribution >= 4 is 34.0 Å². The summed E-state index contributed by atoms with van der Waals surface area (Å²) in [6.45, 7) is 3.37. The van der Waals surface area contributed by atoms with E-state index in [4.69, 9.17) is 21.1 Å². The molecule has 0 unspecified atom stereocenters. The van der Waals surface area contributed by atoms with Crippen LogP contribution in [0, 0.1) is 0 Å². The number of benzene rings is 2. The Balaban J connectivity index is 1.88. The van der Waals surface area contributed by atoms with E-state index in [9.17, 15) is 0 Å². The smallest absolute Gasteiger partial charge is 0.163 e. The van der Waals surface area contributed by atoms with Crippen LogP contribution in [0.15, 0.2) is 36.7 Å². The van der Waals surface area contributed by atoms with E-state index in [1.54, 1.807) is 13.4 Å². The molecule has 3 aromatic rings. The Kier molecular flexibility index (Phi) is 4.09. The van der Waals surface area contributed by atoms with Crippen LogP contribution in [-0.4, -0.2) is 30.2 Å². The summed E-state index contributed by atoms with van der Waals surface area (Å²) < 4.78 is 11.1. The van der Waals surface area contributed by atoms with Gasteiger partial charge in [0, 0.05) is 28.7 Å². The molecule has 0 aliphatic carbocycles. The van der Waals surface area contributed by atoms with E-state index >= 15 is 0 Å². The average Bonchev–Trinajstić information content (AvgIpc) is 3.03. The minimum absolute atomic E-state index is 0.567. The van der Waals surface area contributed by atoms with E-state index in [0.717, 1.165) is 40.4 Å². The van der Waals surface area contributed by atoms with Crippen molar-refractivity contribution in [3.63, 3.8) is 0 Å². The van der Waals surface area contributed by atoms with E-state index in [2.05, 4.69) is 20.9 Å². The SMILES string of the molecule is CCOc1cc2ncnc(N3CCc4ccc(Cl)cc43)c2cc1OC. The fraction of sp³-hybridized carbons (Fsp3) is 0.263. The van der Waals surface area contributed by atoms with E-state index in [1.165, 1.54) is 5.56 Å². The van der Waals surface area contributed by atoms with Gasteiger partial charge in [0.25, 0.3) is 0 Å². The largest absolute Gasteiger partial charge is 0.493 e. The molecule has 128 valence electrons. The Morgan fingerprint density at radius 1 is 1.16 bits per heavy atom. The van der Waals surface area contributed by atoms with E-state index in [-0.39, 0.29) is 0 Å². The van der Waals surface area contributed by atoms with E-state index in [1.807, 2.05) is 31.2 Å². The first kappa shape index (κ1) is 16.0. The molecule has 2 aromatic carbocycles. The zero-order valence-electron chi connectivity index (χ0n) is 14.1. The van der Waals surface area contributed by atoms with Gasteiger partial charge in [0.05, 0.1) is 19.2 Å². The van der Waals surface area contributed by atoms with Crippen molar-refractivity contribution < 1.29 is 9.47 Å².